The number of carbonyl (C=O) groups is 2. The molecule has 1 aliphatic rings. The Morgan fingerprint density at radius 1 is 1.24 bits per heavy atom. The number of methoxy groups -OCH3 is 2. The molecule has 0 radical (unpaired) electrons. The molecule has 1 aliphatic heterocycles. The summed E-state index contributed by atoms with van der Waals surface area (Å²) in [5.41, 5.74) is 0. The standard InChI is InChI=1S/C13H24N2O6/c1-19-7-5-15(6-8-20-2)13(18)14-9-10-3-4-11(21-10)12(16)17/h10-11H,3-9H2,1-2H3,(H,14,18)(H,16,17). The molecule has 2 N–H and O–H groups in total. The lowest BCUT2D eigenvalue weighted by Gasteiger charge is -2.23. The molecule has 8 nitrogen and oxygen atoms in total. The van der Waals surface area contributed by atoms with Crippen molar-refractivity contribution in [1.82, 2.24) is 10.2 Å². The molecule has 1 fully saturated rings. The molecule has 1 rings (SSSR count). The van der Waals surface area contributed by atoms with E-state index in [1.54, 1.807) is 19.1 Å². The maximum Gasteiger partial charge on any atom is 0.332 e. The minimum atomic E-state index is -0.953. The van der Waals surface area contributed by atoms with Crippen LogP contribution in [-0.4, -0.2) is 81.3 Å². The van der Waals surface area contributed by atoms with Gasteiger partial charge in [0.05, 0.1) is 19.3 Å². The lowest BCUT2D eigenvalue weighted by Crippen LogP contribution is -2.45. The molecule has 0 saturated carbocycles. The van der Waals surface area contributed by atoms with Crippen molar-refractivity contribution in [2.24, 2.45) is 0 Å². The summed E-state index contributed by atoms with van der Waals surface area (Å²) in [6, 6.07) is -0.230. The van der Waals surface area contributed by atoms with Crippen molar-refractivity contribution in [2.45, 2.75) is 25.0 Å². The monoisotopic (exact) mass is 304 g/mol. The quantitative estimate of drug-likeness (QED) is 0.618. The fourth-order valence-electron chi connectivity index (χ4n) is 2.07. The van der Waals surface area contributed by atoms with Gasteiger partial charge in [0, 0.05) is 33.9 Å². The van der Waals surface area contributed by atoms with Gasteiger partial charge >= 0.3 is 12.0 Å². The molecule has 0 aromatic heterocycles. The molecule has 0 aromatic rings. The highest BCUT2D eigenvalue weighted by molar-refractivity contribution is 5.74. The Hall–Kier alpha value is -1.38. The lowest BCUT2D eigenvalue weighted by atomic mass is 10.2. The van der Waals surface area contributed by atoms with Crippen LogP contribution in [0.4, 0.5) is 4.79 Å². The first-order chi connectivity index (χ1) is 10.1. The summed E-state index contributed by atoms with van der Waals surface area (Å²) in [6.07, 6.45) is 0.104. The summed E-state index contributed by atoms with van der Waals surface area (Å²) in [5, 5.41) is 11.6. The summed E-state index contributed by atoms with van der Waals surface area (Å²) >= 11 is 0. The molecule has 21 heavy (non-hydrogen) atoms. The molecule has 0 aromatic carbocycles. The Kier molecular flexibility index (Phi) is 8.03. The first-order valence-corrected chi connectivity index (χ1v) is 6.97. The van der Waals surface area contributed by atoms with E-state index in [0.29, 0.717) is 45.7 Å². The lowest BCUT2D eigenvalue weighted by molar-refractivity contribution is -0.149. The maximum absolute atomic E-state index is 12.1. The van der Waals surface area contributed by atoms with Gasteiger partial charge in [-0.1, -0.05) is 0 Å². The Labute approximate surface area is 124 Å². The van der Waals surface area contributed by atoms with Crippen molar-refractivity contribution in [2.75, 3.05) is 47.1 Å². The van der Waals surface area contributed by atoms with E-state index in [0.717, 1.165) is 0 Å². The van der Waals surface area contributed by atoms with Gasteiger partial charge < -0.3 is 29.5 Å². The molecule has 8 heteroatoms. The SMILES string of the molecule is COCCN(CCOC)C(=O)NCC1CCC(C(=O)O)O1. The molecular formula is C13H24N2O6. The summed E-state index contributed by atoms with van der Waals surface area (Å²) in [4.78, 5) is 24.4. The van der Waals surface area contributed by atoms with E-state index in [4.69, 9.17) is 19.3 Å². The molecule has 0 bridgehead atoms. The fraction of sp³-hybridized carbons (Fsp3) is 0.846. The van der Waals surface area contributed by atoms with Gasteiger partial charge in [-0.05, 0) is 12.8 Å². The number of hydrogen-bond acceptors (Lipinski definition) is 5. The second-order valence-corrected chi connectivity index (χ2v) is 4.82. The zero-order valence-corrected chi connectivity index (χ0v) is 12.5. The Balaban J connectivity index is 2.33. The van der Waals surface area contributed by atoms with Crippen molar-refractivity contribution < 1.29 is 28.9 Å². The van der Waals surface area contributed by atoms with Crippen molar-refractivity contribution in [3.05, 3.63) is 0 Å². The highest BCUT2D eigenvalue weighted by atomic mass is 16.5. The first kappa shape index (κ1) is 17.7. The normalized spacial score (nSPS) is 21.2. The van der Waals surface area contributed by atoms with Crippen LogP contribution in [0.25, 0.3) is 0 Å². The topological polar surface area (TPSA) is 97.3 Å². The van der Waals surface area contributed by atoms with Crippen LogP contribution in [0, 0.1) is 0 Å². The van der Waals surface area contributed by atoms with Crippen molar-refractivity contribution >= 4 is 12.0 Å². The summed E-state index contributed by atoms with van der Waals surface area (Å²) < 4.78 is 15.3. The van der Waals surface area contributed by atoms with Gasteiger partial charge in [0.2, 0.25) is 0 Å². The average molecular weight is 304 g/mol. The second-order valence-electron chi connectivity index (χ2n) is 4.82. The molecule has 1 saturated heterocycles. The predicted octanol–water partition coefficient (Wildman–Crippen LogP) is -0.0770. The van der Waals surface area contributed by atoms with Gasteiger partial charge in [-0.3, -0.25) is 0 Å². The van der Waals surface area contributed by atoms with Crippen LogP contribution in [0.3, 0.4) is 0 Å². The number of hydrogen-bond donors (Lipinski definition) is 2. The van der Waals surface area contributed by atoms with Crippen LogP contribution in [0.1, 0.15) is 12.8 Å². The first-order valence-electron chi connectivity index (χ1n) is 6.97. The second kappa shape index (κ2) is 9.54. The molecule has 1 heterocycles. The molecule has 2 amide bonds. The number of carboxylic acid groups (broad SMARTS) is 1. The van der Waals surface area contributed by atoms with Crippen LogP contribution in [-0.2, 0) is 19.0 Å². The Morgan fingerprint density at radius 3 is 2.33 bits per heavy atom. The van der Waals surface area contributed by atoms with E-state index >= 15 is 0 Å². The van der Waals surface area contributed by atoms with Gasteiger partial charge in [-0.15, -0.1) is 0 Å². The van der Waals surface area contributed by atoms with E-state index in [1.807, 2.05) is 0 Å². The molecule has 2 unspecified atom stereocenters. The number of ether oxygens (including phenoxy) is 3. The van der Waals surface area contributed by atoms with Gasteiger partial charge in [0.25, 0.3) is 0 Å². The zero-order valence-electron chi connectivity index (χ0n) is 12.5. The van der Waals surface area contributed by atoms with Gasteiger partial charge in [-0.2, -0.15) is 0 Å². The van der Waals surface area contributed by atoms with Gasteiger partial charge in [0.1, 0.15) is 0 Å². The Bertz CT molecular complexity index is 331. The minimum Gasteiger partial charge on any atom is -0.479 e. The minimum absolute atomic E-state index is 0.230. The van der Waals surface area contributed by atoms with Crippen molar-refractivity contribution in [3.8, 4) is 0 Å². The fourth-order valence-corrected chi connectivity index (χ4v) is 2.07. The number of nitrogens with one attached hydrogen (secondary N) is 1. The van der Waals surface area contributed by atoms with Crippen LogP contribution >= 0.6 is 0 Å². The summed E-state index contributed by atoms with van der Waals surface area (Å²) in [5.74, 6) is -0.953. The van der Waals surface area contributed by atoms with Crippen LogP contribution < -0.4 is 5.32 Å². The third kappa shape index (κ3) is 6.28. The van der Waals surface area contributed by atoms with Gasteiger partial charge in [-0.25, -0.2) is 9.59 Å². The smallest absolute Gasteiger partial charge is 0.332 e. The Morgan fingerprint density at radius 2 is 1.86 bits per heavy atom. The molecule has 122 valence electrons. The largest absolute Gasteiger partial charge is 0.479 e. The molecular weight excluding hydrogens is 280 g/mol. The van der Waals surface area contributed by atoms with E-state index in [-0.39, 0.29) is 12.1 Å². The maximum atomic E-state index is 12.1. The highest BCUT2D eigenvalue weighted by Gasteiger charge is 2.30. The predicted molar refractivity (Wildman–Crippen MR) is 74.3 cm³/mol. The van der Waals surface area contributed by atoms with Crippen LogP contribution in [0.15, 0.2) is 0 Å². The van der Waals surface area contributed by atoms with E-state index < -0.39 is 12.1 Å². The number of aliphatic carboxylic acids is 1. The van der Waals surface area contributed by atoms with E-state index in [2.05, 4.69) is 5.32 Å². The average Bonchev–Trinajstić information content (AvgIpc) is 2.94. The van der Waals surface area contributed by atoms with E-state index in [9.17, 15) is 9.59 Å². The zero-order chi connectivity index (χ0) is 15.7. The third-order valence-corrected chi connectivity index (χ3v) is 3.28. The number of amides is 2. The molecule has 0 aliphatic carbocycles. The number of nitrogens with zero attached hydrogens (tertiary/aromatic N) is 1. The van der Waals surface area contributed by atoms with Crippen LogP contribution in [0.2, 0.25) is 0 Å². The number of rotatable bonds is 9. The number of carbonyl (C=O) groups excluding carboxylic acids is 1. The number of urea groups is 1. The molecule has 2 atom stereocenters. The summed E-state index contributed by atoms with van der Waals surface area (Å²) in [6.45, 7) is 2.12. The molecule has 0 spiro atoms. The van der Waals surface area contributed by atoms with Crippen molar-refractivity contribution in [3.63, 3.8) is 0 Å². The number of carboxylic acids is 1. The highest BCUT2D eigenvalue weighted by Crippen LogP contribution is 2.19. The van der Waals surface area contributed by atoms with Crippen LogP contribution in [0.5, 0.6) is 0 Å². The van der Waals surface area contributed by atoms with Crippen molar-refractivity contribution in [1.29, 1.82) is 0 Å². The third-order valence-electron chi connectivity index (χ3n) is 3.28. The van der Waals surface area contributed by atoms with Gasteiger partial charge in [0.15, 0.2) is 6.10 Å². The van der Waals surface area contributed by atoms with E-state index in [1.165, 1.54) is 0 Å². The summed E-state index contributed by atoms with van der Waals surface area (Å²) in [7, 11) is 3.15.